The number of rotatable bonds is 3. The zero-order chi connectivity index (χ0) is 13.1. The molecular weight excluding hydrogens is 254 g/mol. The zero-order valence-electron chi connectivity index (χ0n) is 9.26. The SMILES string of the molecule is Nc1ccc(Nc2cccc(Cl)c2)c([N+](=O)[O-])c1. The summed E-state index contributed by atoms with van der Waals surface area (Å²) in [7, 11) is 0. The lowest BCUT2D eigenvalue weighted by Crippen LogP contribution is -1.98. The number of nitro benzene ring substituents is 1. The highest BCUT2D eigenvalue weighted by molar-refractivity contribution is 6.30. The molecule has 2 aromatic carbocycles. The highest BCUT2D eigenvalue weighted by atomic mass is 35.5. The highest BCUT2D eigenvalue weighted by Gasteiger charge is 2.14. The van der Waals surface area contributed by atoms with Crippen LogP contribution in [0.3, 0.4) is 0 Å². The molecule has 0 bridgehead atoms. The topological polar surface area (TPSA) is 81.2 Å². The molecule has 2 rings (SSSR count). The molecule has 0 radical (unpaired) electrons. The molecule has 0 aliphatic rings. The summed E-state index contributed by atoms with van der Waals surface area (Å²) in [6.45, 7) is 0. The molecule has 0 atom stereocenters. The van der Waals surface area contributed by atoms with E-state index in [9.17, 15) is 10.1 Å². The van der Waals surface area contributed by atoms with E-state index < -0.39 is 4.92 Å². The van der Waals surface area contributed by atoms with Gasteiger partial charge in [-0.15, -0.1) is 0 Å². The zero-order valence-corrected chi connectivity index (χ0v) is 10.0. The molecule has 6 heteroatoms. The van der Waals surface area contributed by atoms with Gasteiger partial charge in [0, 0.05) is 22.5 Å². The first-order valence-electron chi connectivity index (χ1n) is 5.13. The molecule has 0 aliphatic carbocycles. The van der Waals surface area contributed by atoms with E-state index in [0.717, 1.165) is 0 Å². The van der Waals surface area contributed by atoms with Crippen molar-refractivity contribution in [3.63, 3.8) is 0 Å². The Hall–Kier alpha value is -2.27. The molecule has 0 aromatic heterocycles. The first-order valence-corrected chi connectivity index (χ1v) is 5.50. The summed E-state index contributed by atoms with van der Waals surface area (Å²) in [6, 6.07) is 11.4. The van der Waals surface area contributed by atoms with E-state index in [0.29, 0.717) is 22.1 Å². The quantitative estimate of drug-likeness (QED) is 0.504. The number of nitrogens with two attached hydrogens (primary N) is 1. The van der Waals surface area contributed by atoms with Crippen LogP contribution in [0.2, 0.25) is 5.02 Å². The molecule has 2 aromatic rings. The van der Waals surface area contributed by atoms with Crippen LogP contribution in [0.15, 0.2) is 42.5 Å². The van der Waals surface area contributed by atoms with E-state index >= 15 is 0 Å². The second-order valence-electron chi connectivity index (χ2n) is 3.67. The van der Waals surface area contributed by atoms with Crippen molar-refractivity contribution in [3.05, 3.63) is 57.6 Å². The van der Waals surface area contributed by atoms with Crippen LogP contribution in [0.25, 0.3) is 0 Å². The van der Waals surface area contributed by atoms with Crippen molar-refractivity contribution < 1.29 is 4.92 Å². The second kappa shape index (κ2) is 4.93. The lowest BCUT2D eigenvalue weighted by Gasteiger charge is -2.07. The molecule has 0 amide bonds. The van der Waals surface area contributed by atoms with Crippen molar-refractivity contribution in [2.45, 2.75) is 0 Å². The van der Waals surface area contributed by atoms with E-state index in [4.69, 9.17) is 17.3 Å². The Morgan fingerprint density at radius 2 is 2.00 bits per heavy atom. The summed E-state index contributed by atoms with van der Waals surface area (Å²) in [6.07, 6.45) is 0. The Balaban J connectivity index is 2.37. The second-order valence-corrected chi connectivity index (χ2v) is 4.11. The highest BCUT2D eigenvalue weighted by Crippen LogP contribution is 2.30. The van der Waals surface area contributed by atoms with E-state index in [1.54, 1.807) is 36.4 Å². The standard InChI is InChI=1S/C12H10ClN3O2/c13-8-2-1-3-10(6-8)15-11-5-4-9(14)7-12(11)16(17)18/h1-7,15H,14H2. The fraction of sp³-hybridized carbons (Fsp3) is 0. The molecule has 0 saturated carbocycles. The molecular formula is C12H10ClN3O2. The number of nitrogens with zero attached hydrogens (tertiary/aromatic N) is 1. The number of anilines is 3. The number of hydrogen-bond acceptors (Lipinski definition) is 4. The van der Waals surface area contributed by atoms with Crippen LogP contribution in [0.4, 0.5) is 22.7 Å². The fourth-order valence-electron chi connectivity index (χ4n) is 1.53. The van der Waals surface area contributed by atoms with Gasteiger partial charge in [-0.25, -0.2) is 0 Å². The van der Waals surface area contributed by atoms with Crippen LogP contribution in [0.1, 0.15) is 0 Å². The molecule has 0 aliphatic heterocycles. The fourth-order valence-corrected chi connectivity index (χ4v) is 1.72. The van der Waals surface area contributed by atoms with E-state index in [2.05, 4.69) is 5.32 Å². The van der Waals surface area contributed by atoms with Gasteiger partial charge in [-0.2, -0.15) is 0 Å². The Labute approximate surface area is 108 Å². The van der Waals surface area contributed by atoms with Gasteiger partial charge in [-0.3, -0.25) is 10.1 Å². The molecule has 92 valence electrons. The largest absolute Gasteiger partial charge is 0.399 e. The van der Waals surface area contributed by atoms with Crippen LogP contribution in [0.5, 0.6) is 0 Å². The minimum atomic E-state index is -0.483. The molecule has 0 spiro atoms. The summed E-state index contributed by atoms with van der Waals surface area (Å²) < 4.78 is 0. The maximum Gasteiger partial charge on any atom is 0.294 e. The summed E-state index contributed by atoms with van der Waals surface area (Å²) in [5.74, 6) is 0. The summed E-state index contributed by atoms with van der Waals surface area (Å²) in [5.41, 5.74) is 6.85. The van der Waals surface area contributed by atoms with Gasteiger partial charge >= 0.3 is 0 Å². The Bertz CT molecular complexity index is 602. The molecule has 0 heterocycles. The van der Waals surface area contributed by atoms with Gasteiger partial charge in [0.15, 0.2) is 0 Å². The van der Waals surface area contributed by atoms with Gasteiger partial charge in [0.1, 0.15) is 5.69 Å². The third-order valence-electron chi connectivity index (χ3n) is 2.32. The van der Waals surface area contributed by atoms with Gasteiger partial charge in [0.2, 0.25) is 0 Å². The number of hydrogen-bond donors (Lipinski definition) is 2. The third kappa shape index (κ3) is 2.70. The minimum absolute atomic E-state index is 0.0741. The average Bonchev–Trinajstić information content (AvgIpc) is 2.31. The maximum atomic E-state index is 10.9. The summed E-state index contributed by atoms with van der Waals surface area (Å²) in [5, 5.41) is 14.4. The third-order valence-corrected chi connectivity index (χ3v) is 2.56. The van der Waals surface area contributed by atoms with Crippen LogP contribution >= 0.6 is 11.6 Å². The van der Waals surface area contributed by atoms with E-state index in [1.165, 1.54) is 6.07 Å². The molecule has 0 fully saturated rings. The van der Waals surface area contributed by atoms with Gasteiger partial charge in [-0.05, 0) is 30.3 Å². The smallest absolute Gasteiger partial charge is 0.294 e. The lowest BCUT2D eigenvalue weighted by molar-refractivity contribution is -0.383. The van der Waals surface area contributed by atoms with Crippen LogP contribution in [0, 0.1) is 10.1 Å². The predicted molar refractivity (Wildman–Crippen MR) is 72.2 cm³/mol. The molecule has 0 unspecified atom stereocenters. The summed E-state index contributed by atoms with van der Waals surface area (Å²) >= 11 is 5.84. The normalized spacial score (nSPS) is 10.1. The molecule has 5 nitrogen and oxygen atoms in total. The average molecular weight is 264 g/mol. The molecule has 0 saturated heterocycles. The lowest BCUT2D eigenvalue weighted by atomic mass is 10.2. The van der Waals surface area contributed by atoms with Crippen molar-refractivity contribution in [2.75, 3.05) is 11.1 Å². The van der Waals surface area contributed by atoms with Gasteiger partial charge < -0.3 is 11.1 Å². The van der Waals surface area contributed by atoms with Crippen molar-refractivity contribution >= 4 is 34.4 Å². The molecule has 3 N–H and O–H groups in total. The monoisotopic (exact) mass is 263 g/mol. The summed E-state index contributed by atoms with van der Waals surface area (Å²) in [4.78, 5) is 10.4. The Morgan fingerprint density at radius 1 is 1.22 bits per heavy atom. The molecule has 18 heavy (non-hydrogen) atoms. The number of nitrogen functional groups attached to an aromatic ring is 1. The van der Waals surface area contributed by atoms with E-state index in [1.807, 2.05) is 0 Å². The maximum absolute atomic E-state index is 10.9. The van der Waals surface area contributed by atoms with Crippen molar-refractivity contribution in [2.24, 2.45) is 0 Å². The van der Waals surface area contributed by atoms with Gasteiger partial charge in [-0.1, -0.05) is 17.7 Å². The first kappa shape index (κ1) is 12.2. The number of nitro groups is 1. The van der Waals surface area contributed by atoms with Crippen LogP contribution in [-0.4, -0.2) is 4.92 Å². The van der Waals surface area contributed by atoms with Crippen LogP contribution in [-0.2, 0) is 0 Å². The number of nitrogens with one attached hydrogen (secondary N) is 1. The minimum Gasteiger partial charge on any atom is -0.399 e. The van der Waals surface area contributed by atoms with E-state index in [-0.39, 0.29) is 5.69 Å². The first-order chi connectivity index (χ1) is 8.56. The van der Waals surface area contributed by atoms with Gasteiger partial charge in [0.25, 0.3) is 5.69 Å². The van der Waals surface area contributed by atoms with Crippen molar-refractivity contribution in [1.82, 2.24) is 0 Å². The Kier molecular flexibility index (Phi) is 3.34. The van der Waals surface area contributed by atoms with Crippen LogP contribution < -0.4 is 11.1 Å². The predicted octanol–water partition coefficient (Wildman–Crippen LogP) is 3.57. The number of halogens is 1. The van der Waals surface area contributed by atoms with Crippen molar-refractivity contribution in [1.29, 1.82) is 0 Å². The van der Waals surface area contributed by atoms with Crippen molar-refractivity contribution in [3.8, 4) is 0 Å². The Morgan fingerprint density at radius 3 is 2.67 bits per heavy atom. The van der Waals surface area contributed by atoms with Gasteiger partial charge in [0.05, 0.1) is 4.92 Å². The number of benzene rings is 2.